The highest BCUT2D eigenvalue weighted by molar-refractivity contribution is 7.11. The van der Waals surface area contributed by atoms with Gasteiger partial charge in [0.25, 0.3) is 0 Å². The smallest absolute Gasteiger partial charge is 0.122 e. The van der Waals surface area contributed by atoms with E-state index in [0.717, 1.165) is 36.6 Å². The highest BCUT2D eigenvalue weighted by Gasteiger charge is 2.42. The summed E-state index contributed by atoms with van der Waals surface area (Å²) >= 11 is 1.74. The first-order chi connectivity index (χ1) is 10.7. The topological polar surface area (TPSA) is 45.6 Å². The maximum atomic E-state index is 10.6. The third kappa shape index (κ3) is 2.70. The summed E-state index contributed by atoms with van der Waals surface area (Å²) in [6, 6.07) is 9.94. The zero-order chi connectivity index (χ0) is 15.0. The van der Waals surface area contributed by atoms with E-state index in [1.54, 1.807) is 11.3 Å². The van der Waals surface area contributed by atoms with Crippen LogP contribution in [0.4, 0.5) is 0 Å². The predicted octanol–water partition coefficient (Wildman–Crippen LogP) is 2.70. The lowest BCUT2D eigenvalue weighted by Gasteiger charge is -2.46. The molecule has 2 aromatic rings. The second-order valence-corrected chi connectivity index (χ2v) is 7.36. The first kappa shape index (κ1) is 14.3. The lowest BCUT2D eigenvalue weighted by Crippen LogP contribution is -2.58. The van der Waals surface area contributed by atoms with E-state index in [4.69, 9.17) is 4.74 Å². The Morgan fingerprint density at radius 3 is 2.86 bits per heavy atom. The van der Waals surface area contributed by atoms with Crippen LogP contribution < -0.4 is 0 Å². The van der Waals surface area contributed by atoms with Gasteiger partial charge in [-0.1, -0.05) is 30.3 Å². The Bertz CT molecular complexity index is 631. The van der Waals surface area contributed by atoms with Crippen molar-refractivity contribution in [1.29, 1.82) is 0 Å². The quantitative estimate of drug-likeness (QED) is 0.942. The summed E-state index contributed by atoms with van der Waals surface area (Å²) in [4.78, 5) is 8.02. The van der Waals surface area contributed by atoms with Gasteiger partial charge >= 0.3 is 0 Å². The van der Waals surface area contributed by atoms with Crippen molar-refractivity contribution in [2.75, 3.05) is 19.7 Å². The van der Waals surface area contributed by atoms with Crippen LogP contribution in [0.3, 0.4) is 0 Å². The Hall–Kier alpha value is -1.27. The fourth-order valence-electron chi connectivity index (χ4n) is 3.27. The van der Waals surface area contributed by atoms with Crippen molar-refractivity contribution in [2.24, 2.45) is 0 Å². The number of aliphatic hydroxyl groups is 1. The van der Waals surface area contributed by atoms with Gasteiger partial charge in [0, 0.05) is 37.3 Å². The average molecular weight is 316 g/mol. The van der Waals surface area contributed by atoms with E-state index in [1.807, 2.05) is 36.5 Å². The van der Waals surface area contributed by atoms with Crippen LogP contribution in [0.5, 0.6) is 0 Å². The fourth-order valence-corrected chi connectivity index (χ4v) is 4.32. The Kier molecular flexibility index (Phi) is 3.74. The molecule has 0 bridgehead atoms. The van der Waals surface area contributed by atoms with Crippen molar-refractivity contribution in [3.63, 3.8) is 0 Å². The zero-order valence-corrected chi connectivity index (χ0v) is 13.3. The normalized spacial score (nSPS) is 24.3. The number of β-amino-alcohol motifs (C(OH)–C–C–N with tert-alkyl or cyclic N) is 1. The fraction of sp³-hybridized carbons (Fsp3) is 0.471. The van der Waals surface area contributed by atoms with Crippen LogP contribution in [-0.2, 0) is 16.9 Å². The van der Waals surface area contributed by atoms with E-state index < -0.39 is 5.60 Å². The van der Waals surface area contributed by atoms with E-state index in [2.05, 4.69) is 9.88 Å². The summed E-state index contributed by atoms with van der Waals surface area (Å²) in [6.07, 6.45) is 4.39. The van der Waals surface area contributed by atoms with Gasteiger partial charge in [-0.2, -0.15) is 0 Å². The summed E-state index contributed by atoms with van der Waals surface area (Å²) in [5.74, 6) is 0. The summed E-state index contributed by atoms with van der Waals surface area (Å²) in [7, 11) is 0. The van der Waals surface area contributed by atoms with Crippen LogP contribution in [0.2, 0.25) is 0 Å². The molecule has 2 aliphatic heterocycles. The van der Waals surface area contributed by atoms with Gasteiger partial charge in [0.1, 0.15) is 16.7 Å². The molecule has 2 aliphatic rings. The average Bonchev–Trinajstić information content (AvgIpc) is 3.17. The Morgan fingerprint density at radius 1 is 1.32 bits per heavy atom. The standard InChI is InChI=1S/C17H20N2O2S/c20-17(13-5-2-1-3-6-13)11-19(12-17)10-14-9-18-16(22-14)15-7-4-8-21-15/h1-3,5-6,9,15,20H,4,7-8,10-12H2. The van der Waals surface area contributed by atoms with Gasteiger partial charge in [-0.05, 0) is 18.4 Å². The number of nitrogens with zero attached hydrogens (tertiary/aromatic N) is 2. The minimum absolute atomic E-state index is 0.205. The van der Waals surface area contributed by atoms with E-state index in [9.17, 15) is 5.11 Å². The molecule has 4 nitrogen and oxygen atoms in total. The summed E-state index contributed by atoms with van der Waals surface area (Å²) in [6.45, 7) is 3.09. The minimum atomic E-state index is -0.691. The van der Waals surface area contributed by atoms with Crippen molar-refractivity contribution in [3.05, 3.63) is 52.0 Å². The zero-order valence-electron chi connectivity index (χ0n) is 12.4. The van der Waals surface area contributed by atoms with E-state index >= 15 is 0 Å². The summed E-state index contributed by atoms with van der Waals surface area (Å²) in [5.41, 5.74) is 0.319. The predicted molar refractivity (Wildman–Crippen MR) is 85.7 cm³/mol. The molecule has 22 heavy (non-hydrogen) atoms. The second-order valence-electron chi connectivity index (χ2n) is 6.21. The minimum Gasteiger partial charge on any atom is -0.382 e. The molecule has 2 fully saturated rings. The molecule has 116 valence electrons. The maximum Gasteiger partial charge on any atom is 0.122 e. The third-order valence-electron chi connectivity index (χ3n) is 4.44. The molecule has 3 heterocycles. The van der Waals surface area contributed by atoms with Crippen molar-refractivity contribution < 1.29 is 9.84 Å². The monoisotopic (exact) mass is 316 g/mol. The number of benzene rings is 1. The Morgan fingerprint density at radius 2 is 2.14 bits per heavy atom. The molecule has 1 N–H and O–H groups in total. The number of likely N-dealkylation sites (tertiary alicyclic amines) is 1. The van der Waals surface area contributed by atoms with Crippen molar-refractivity contribution in [1.82, 2.24) is 9.88 Å². The van der Waals surface area contributed by atoms with Gasteiger partial charge in [0.05, 0.1) is 0 Å². The van der Waals surface area contributed by atoms with Gasteiger partial charge in [-0.25, -0.2) is 4.98 Å². The number of hydrogen-bond acceptors (Lipinski definition) is 5. The summed E-state index contributed by atoms with van der Waals surface area (Å²) < 4.78 is 5.68. The first-order valence-corrected chi connectivity index (χ1v) is 8.61. The highest BCUT2D eigenvalue weighted by atomic mass is 32.1. The molecule has 1 atom stereocenters. The number of hydrogen-bond donors (Lipinski definition) is 1. The molecule has 0 aliphatic carbocycles. The molecule has 2 saturated heterocycles. The molecule has 1 aromatic heterocycles. The molecule has 0 saturated carbocycles. The van der Waals surface area contributed by atoms with E-state index in [0.29, 0.717) is 13.1 Å². The molecule has 5 heteroatoms. The van der Waals surface area contributed by atoms with Crippen molar-refractivity contribution in [3.8, 4) is 0 Å². The second kappa shape index (κ2) is 5.74. The molecular formula is C17H20N2O2S. The van der Waals surface area contributed by atoms with E-state index in [1.165, 1.54) is 4.88 Å². The first-order valence-electron chi connectivity index (χ1n) is 7.79. The van der Waals surface area contributed by atoms with Crippen LogP contribution in [0.25, 0.3) is 0 Å². The van der Waals surface area contributed by atoms with Crippen LogP contribution in [-0.4, -0.2) is 34.7 Å². The molecule has 0 spiro atoms. The molecule has 1 unspecified atom stereocenters. The van der Waals surface area contributed by atoms with Gasteiger partial charge in [-0.3, -0.25) is 4.90 Å². The Balaban J connectivity index is 1.36. The maximum absolute atomic E-state index is 10.6. The van der Waals surface area contributed by atoms with Gasteiger partial charge in [0.15, 0.2) is 0 Å². The number of rotatable bonds is 4. The molecule has 0 radical (unpaired) electrons. The van der Waals surface area contributed by atoms with Gasteiger partial charge in [0.2, 0.25) is 0 Å². The highest BCUT2D eigenvalue weighted by Crippen LogP contribution is 2.35. The lowest BCUT2D eigenvalue weighted by atomic mass is 9.86. The molecular weight excluding hydrogens is 296 g/mol. The Labute approximate surface area is 134 Å². The van der Waals surface area contributed by atoms with Crippen molar-refractivity contribution >= 4 is 11.3 Å². The van der Waals surface area contributed by atoms with Gasteiger partial charge < -0.3 is 9.84 Å². The number of aromatic nitrogens is 1. The largest absolute Gasteiger partial charge is 0.382 e. The summed E-state index contributed by atoms with van der Waals surface area (Å²) in [5, 5.41) is 11.7. The van der Waals surface area contributed by atoms with Crippen LogP contribution in [0.1, 0.15) is 34.4 Å². The lowest BCUT2D eigenvalue weighted by molar-refractivity contribution is -0.107. The van der Waals surface area contributed by atoms with Crippen LogP contribution in [0, 0.1) is 0 Å². The van der Waals surface area contributed by atoms with Gasteiger partial charge in [-0.15, -0.1) is 11.3 Å². The van der Waals surface area contributed by atoms with Crippen molar-refractivity contribution in [2.45, 2.75) is 31.1 Å². The van der Waals surface area contributed by atoms with E-state index in [-0.39, 0.29) is 6.10 Å². The van der Waals surface area contributed by atoms with Crippen LogP contribution in [0.15, 0.2) is 36.5 Å². The molecule has 4 rings (SSSR count). The third-order valence-corrected chi connectivity index (χ3v) is 5.51. The number of ether oxygens (including phenoxy) is 1. The SMILES string of the molecule is OC1(c2ccccc2)CN(Cc2cnc(C3CCCO3)s2)C1. The number of thiazole rings is 1. The molecule has 1 aromatic carbocycles. The van der Waals surface area contributed by atoms with Crippen LogP contribution >= 0.6 is 11.3 Å². The molecule has 0 amide bonds.